The van der Waals surface area contributed by atoms with Crippen LogP contribution >= 0.6 is 23.1 Å². The van der Waals surface area contributed by atoms with Crippen LogP contribution in [0.25, 0.3) is 0 Å². The van der Waals surface area contributed by atoms with Gasteiger partial charge in [-0.05, 0) is 137 Å². The summed E-state index contributed by atoms with van der Waals surface area (Å²) in [5, 5.41) is 19.0. The van der Waals surface area contributed by atoms with Crippen LogP contribution in [0.5, 0.6) is 0 Å². The number of carboxylic acid groups (broad SMARTS) is 1. The molecule has 0 amide bonds. The molecule has 1 aromatic heterocycles. The Morgan fingerprint density at radius 1 is 0.830 bits per heavy atom. The number of esters is 3. The van der Waals surface area contributed by atoms with Gasteiger partial charge in [0, 0.05) is 12.4 Å². The maximum Gasteiger partial charge on any atom is 0.312 e. The lowest BCUT2D eigenvalue weighted by atomic mass is 9.61. The molecule has 2 bridgehead atoms. The lowest BCUT2D eigenvalue weighted by Gasteiger charge is -2.42. The van der Waals surface area contributed by atoms with Crippen LogP contribution in [0.3, 0.4) is 0 Å². The number of hydrogen-bond acceptors (Lipinski definition) is 13. The molecule has 8 unspecified atom stereocenters. The Kier molecular flexibility index (Phi) is 14.0. The van der Waals surface area contributed by atoms with E-state index in [0.29, 0.717) is 35.9 Å². The number of ether oxygens (including phenoxy) is 4. The number of hydrogen-bond donors (Lipinski definition) is 2. The molecule has 0 aliphatic heterocycles. The Labute approximate surface area is 323 Å². The SMILES string of the molecule is CCC(C)(CC(C)(CC(C)(CC(C)(C)C(=O)OC1CC2CC1C1CCCC21)C(=O)OCCOCCCSc1nnc(N)s1)C(=O)O)C(=O)OC(C)(C)C. The maximum absolute atomic E-state index is 14.2. The topological polar surface area (TPSA) is 177 Å². The van der Waals surface area contributed by atoms with Gasteiger partial charge in [0.1, 0.15) is 18.3 Å². The number of carbonyl (C=O) groups is 4. The molecule has 300 valence electrons. The quantitative estimate of drug-likeness (QED) is 0.0573. The Bertz CT molecular complexity index is 1460. The van der Waals surface area contributed by atoms with Gasteiger partial charge in [0.15, 0.2) is 4.34 Å². The van der Waals surface area contributed by atoms with Crippen molar-refractivity contribution in [2.24, 2.45) is 45.3 Å². The van der Waals surface area contributed by atoms with Crippen LogP contribution in [-0.4, -0.2) is 76.5 Å². The number of nitrogens with two attached hydrogens (primary N) is 1. The minimum Gasteiger partial charge on any atom is -0.481 e. The number of carboxylic acids is 1. The fourth-order valence-corrected chi connectivity index (χ4v) is 11.1. The van der Waals surface area contributed by atoms with Gasteiger partial charge in [-0.2, -0.15) is 0 Å². The molecule has 3 fully saturated rings. The zero-order valence-corrected chi connectivity index (χ0v) is 34.9. The highest BCUT2D eigenvalue weighted by Gasteiger charge is 2.57. The largest absolute Gasteiger partial charge is 0.481 e. The van der Waals surface area contributed by atoms with E-state index in [2.05, 4.69) is 10.2 Å². The molecule has 3 saturated carbocycles. The molecular formula is C39H63N3O9S2. The smallest absolute Gasteiger partial charge is 0.312 e. The number of nitrogens with zero attached hydrogens (tertiary/aromatic N) is 2. The van der Waals surface area contributed by atoms with E-state index >= 15 is 0 Å². The highest BCUT2D eigenvalue weighted by atomic mass is 32.2. The summed E-state index contributed by atoms with van der Waals surface area (Å²) < 4.78 is 24.3. The minimum absolute atomic E-state index is 0.00309. The third-order valence-electron chi connectivity index (χ3n) is 11.8. The van der Waals surface area contributed by atoms with Gasteiger partial charge in [-0.1, -0.05) is 36.4 Å². The lowest BCUT2D eigenvalue weighted by Crippen LogP contribution is -2.47. The van der Waals surface area contributed by atoms with Crippen molar-refractivity contribution in [2.75, 3.05) is 31.3 Å². The normalized spacial score (nSPS) is 25.9. The van der Waals surface area contributed by atoms with Gasteiger partial charge in [0.25, 0.3) is 0 Å². The molecule has 3 aliphatic carbocycles. The molecule has 0 spiro atoms. The van der Waals surface area contributed by atoms with Crippen molar-refractivity contribution < 1.29 is 43.2 Å². The third-order valence-corrected chi connectivity index (χ3v) is 13.8. The summed E-state index contributed by atoms with van der Waals surface area (Å²) in [6.07, 6.45) is 6.41. The first-order chi connectivity index (χ1) is 24.6. The molecular weight excluding hydrogens is 719 g/mol. The van der Waals surface area contributed by atoms with Crippen molar-refractivity contribution >= 4 is 52.1 Å². The first-order valence-electron chi connectivity index (χ1n) is 19.3. The molecule has 0 saturated heterocycles. The fraction of sp³-hybridized carbons (Fsp3) is 0.846. The third kappa shape index (κ3) is 10.9. The van der Waals surface area contributed by atoms with E-state index in [0.717, 1.165) is 35.3 Å². The molecule has 4 rings (SSSR count). The molecule has 12 nitrogen and oxygen atoms in total. The molecule has 3 aliphatic rings. The van der Waals surface area contributed by atoms with Gasteiger partial charge < -0.3 is 29.8 Å². The van der Waals surface area contributed by atoms with Crippen LogP contribution < -0.4 is 5.73 Å². The fourth-order valence-electron chi connectivity index (χ4n) is 9.44. The molecule has 0 radical (unpaired) electrons. The summed E-state index contributed by atoms with van der Waals surface area (Å²) in [6.45, 7) is 16.2. The molecule has 53 heavy (non-hydrogen) atoms. The van der Waals surface area contributed by atoms with Gasteiger partial charge in [-0.3, -0.25) is 19.2 Å². The summed E-state index contributed by atoms with van der Waals surface area (Å²) in [5.74, 6) is 0.492. The van der Waals surface area contributed by atoms with Gasteiger partial charge in [-0.25, -0.2) is 0 Å². The number of aliphatic carboxylic acids is 1. The van der Waals surface area contributed by atoms with Crippen molar-refractivity contribution in [3.63, 3.8) is 0 Å². The number of thioether (sulfide) groups is 1. The Balaban J connectivity index is 1.46. The first kappa shape index (κ1) is 43.3. The number of rotatable bonds is 20. The molecule has 0 aromatic carbocycles. The Hall–Kier alpha value is -2.45. The number of anilines is 1. The van der Waals surface area contributed by atoms with Crippen LogP contribution in [0, 0.1) is 45.3 Å². The van der Waals surface area contributed by atoms with Crippen molar-refractivity contribution in [3.8, 4) is 0 Å². The van der Waals surface area contributed by atoms with Crippen molar-refractivity contribution in [3.05, 3.63) is 0 Å². The Morgan fingerprint density at radius 2 is 1.51 bits per heavy atom. The standard InChI is InChI=1S/C39H63N3O9S2/c1-10-37(7,32(47)51-35(2,3)4)22-38(8,29(43)44)23-39(9,31(46)49-17-16-48-15-12-18-52-34-42-41-33(40)53-34)21-36(5,6)30(45)50-28-20-24-19-27(28)26-14-11-13-25(24)26/h24-28H,10-23H2,1-9H3,(H2,40,41)(H,43,44). The number of nitrogen functional groups attached to an aromatic ring is 1. The second-order valence-electron chi connectivity index (χ2n) is 18.2. The van der Waals surface area contributed by atoms with Crippen molar-refractivity contribution in [1.29, 1.82) is 0 Å². The molecule has 1 aromatic rings. The van der Waals surface area contributed by atoms with E-state index in [1.807, 2.05) is 6.92 Å². The van der Waals surface area contributed by atoms with Crippen LogP contribution in [0.15, 0.2) is 4.34 Å². The number of aromatic nitrogens is 2. The average molecular weight is 782 g/mol. The monoisotopic (exact) mass is 781 g/mol. The average Bonchev–Trinajstić information content (AvgIpc) is 3.85. The Morgan fingerprint density at radius 3 is 2.13 bits per heavy atom. The summed E-state index contributed by atoms with van der Waals surface area (Å²) in [7, 11) is 0. The van der Waals surface area contributed by atoms with Crippen LogP contribution in [0.2, 0.25) is 0 Å². The molecule has 8 atom stereocenters. The van der Waals surface area contributed by atoms with E-state index in [1.54, 1.807) is 55.4 Å². The van der Waals surface area contributed by atoms with Gasteiger partial charge in [0.05, 0.1) is 28.3 Å². The number of carbonyl (C=O) groups excluding carboxylic acids is 3. The van der Waals surface area contributed by atoms with Crippen molar-refractivity contribution in [1.82, 2.24) is 10.2 Å². The van der Waals surface area contributed by atoms with Gasteiger partial charge in [-0.15, -0.1) is 10.2 Å². The molecule has 3 N–H and O–H groups in total. The van der Waals surface area contributed by atoms with E-state index in [1.165, 1.54) is 42.4 Å². The van der Waals surface area contributed by atoms with Crippen molar-refractivity contribution in [2.45, 2.75) is 143 Å². The van der Waals surface area contributed by atoms with E-state index in [4.69, 9.17) is 24.7 Å². The van der Waals surface area contributed by atoms with Gasteiger partial charge >= 0.3 is 23.9 Å². The zero-order valence-electron chi connectivity index (χ0n) is 33.3. The summed E-state index contributed by atoms with van der Waals surface area (Å²) >= 11 is 2.87. The maximum atomic E-state index is 14.2. The lowest BCUT2D eigenvalue weighted by molar-refractivity contribution is -0.175. The highest BCUT2D eigenvalue weighted by Crippen LogP contribution is 2.60. The summed E-state index contributed by atoms with van der Waals surface area (Å²) in [5.41, 5.74) is -0.380. The highest BCUT2D eigenvalue weighted by molar-refractivity contribution is 8.01. The van der Waals surface area contributed by atoms with E-state index in [-0.39, 0.29) is 44.5 Å². The predicted octanol–water partition coefficient (Wildman–Crippen LogP) is 7.58. The van der Waals surface area contributed by atoms with Gasteiger partial charge in [0.2, 0.25) is 5.13 Å². The predicted molar refractivity (Wildman–Crippen MR) is 204 cm³/mol. The van der Waals surface area contributed by atoms with Crippen LogP contribution in [-0.2, 0) is 38.1 Å². The second kappa shape index (κ2) is 17.1. The second-order valence-corrected chi connectivity index (χ2v) is 20.6. The molecule has 1 heterocycles. The minimum atomic E-state index is -1.55. The zero-order chi connectivity index (χ0) is 39.4. The van der Waals surface area contributed by atoms with Crippen LogP contribution in [0.4, 0.5) is 5.13 Å². The summed E-state index contributed by atoms with van der Waals surface area (Å²) in [6, 6.07) is 0. The molecule has 14 heteroatoms. The van der Waals surface area contributed by atoms with E-state index in [9.17, 15) is 24.3 Å². The van der Waals surface area contributed by atoms with Crippen LogP contribution in [0.1, 0.15) is 127 Å². The number of fused-ring (bicyclic) bond motifs is 5. The van der Waals surface area contributed by atoms with E-state index < -0.39 is 45.2 Å². The first-order valence-corrected chi connectivity index (χ1v) is 21.1. The summed E-state index contributed by atoms with van der Waals surface area (Å²) in [4.78, 5) is 54.8.